The molecule has 3 aliphatic heterocycles. The smallest absolute Gasteiger partial charge is 0.334 e. The first-order valence-electron chi connectivity index (χ1n) is 28.3. The number of fused-ring (bicyclic) bond motifs is 13. The molecule has 2 nitrogen and oxygen atoms in total. The van der Waals surface area contributed by atoms with E-state index >= 15 is 0 Å². The van der Waals surface area contributed by atoms with Crippen molar-refractivity contribution in [3.63, 3.8) is 0 Å². The van der Waals surface area contributed by atoms with E-state index in [1.165, 1.54) is 128 Å². The summed E-state index contributed by atoms with van der Waals surface area (Å²) in [5.74, 6) is 0. The lowest BCUT2D eigenvalue weighted by molar-refractivity contribution is 0.312. The van der Waals surface area contributed by atoms with Crippen LogP contribution in [0.5, 0.6) is 0 Å². The Labute approximate surface area is 456 Å². The third-order valence-electron chi connectivity index (χ3n) is 20.1. The first-order chi connectivity index (χ1) is 36.2. The molecule has 8 aromatic carbocycles. The molecule has 1 aromatic heterocycles. The molecule has 9 aromatic rings. The Morgan fingerprint density at radius 1 is 0.461 bits per heavy atom. The zero-order chi connectivity index (χ0) is 52.4. The fraction of sp³-hybridized carbons (Fsp3) is 0.306. The molecule has 0 saturated heterocycles. The lowest BCUT2D eigenvalue weighted by atomic mass is 9.42. The second-order valence-corrected chi connectivity index (χ2v) is 28.5. The van der Waals surface area contributed by atoms with E-state index in [1.807, 2.05) is 11.3 Å². The quantitative estimate of drug-likeness (QED) is 0.163. The van der Waals surface area contributed by atoms with Gasteiger partial charge in [-0.05, 0) is 196 Å². The molecule has 4 heteroatoms. The summed E-state index contributed by atoms with van der Waals surface area (Å²) < 4.78 is 1.39. The van der Waals surface area contributed by atoms with Gasteiger partial charge in [-0.25, -0.2) is 0 Å². The summed E-state index contributed by atoms with van der Waals surface area (Å²) in [6.45, 7) is 29.9. The molecule has 1 atom stereocenters. The average molecular weight is 1010 g/mol. The van der Waals surface area contributed by atoms with Crippen molar-refractivity contribution >= 4 is 66.9 Å². The van der Waals surface area contributed by atoms with E-state index in [0.717, 1.165) is 19.3 Å². The number of rotatable bonds is 3. The molecule has 0 amide bonds. The van der Waals surface area contributed by atoms with Gasteiger partial charge in [-0.15, -0.1) is 11.3 Å². The molecule has 0 N–H and O–H groups in total. The third kappa shape index (κ3) is 6.11. The fourth-order valence-electron chi connectivity index (χ4n) is 15.7. The van der Waals surface area contributed by atoms with Gasteiger partial charge >= 0.3 is 6.85 Å². The normalized spacial score (nSPS) is 20.0. The van der Waals surface area contributed by atoms with Crippen molar-refractivity contribution in [1.82, 2.24) is 0 Å². The zero-order valence-electron chi connectivity index (χ0n) is 46.6. The third-order valence-corrected chi connectivity index (χ3v) is 21.3. The van der Waals surface area contributed by atoms with Crippen molar-refractivity contribution in [2.45, 2.75) is 141 Å². The number of nitrogens with zero attached hydrogens (tertiary/aromatic N) is 2. The van der Waals surface area contributed by atoms with Gasteiger partial charge in [-0.2, -0.15) is 0 Å². The number of benzene rings is 8. The van der Waals surface area contributed by atoms with Gasteiger partial charge in [0.1, 0.15) is 0 Å². The highest BCUT2D eigenvalue weighted by molar-refractivity contribution is 7.26. The van der Waals surface area contributed by atoms with Gasteiger partial charge in [0.25, 0.3) is 0 Å². The van der Waals surface area contributed by atoms with Crippen molar-refractivity contribution in [2.24, 2.45) is 0 Å². The molecule has 1 unspecified atom stereocenters. The number of hydrogen-bond acceptors (Lipinski definition) is 3. The summed E-state index contributed by atoms with van der Waals surface area (Å²) in [5, 5.41) is 2.76. The van der Waals surface area contributed by atoms with Crippen LogP contribution in [0, 0.1) is 0 Å². The van der Waals surface area contributed by atoms with Crippen molar-refractivity contribution in [1.29, 1.82) is 0 Å². The van der Waals surface area contributed by atoms with Crippen LogP contribution in [0.1, 0.15) is 153 Å². The molecule has 0 radical (unpaired) electrons. The van der Waals surface area contributed by atoms with Crippen LogP contribution >= 0.6 is 11.3 Å². The van der Waals surface area contributed by atoms with E-state index in [4.69, 9.17) is 0 Å². The van der Waals surface area contributed by atoms with E-state index in [2.05, 4.69) is 244 Å². The maximum Gasteiger partial charge on any atom is 0.334 e. The van der Waals surface area contributed by atoms with Gasteiger partial charge in [-0.1, -0.05) is 180 Å². The molecule has 0 saturated carbocycles. The van der Waals surface area contributed by atoms with Gasteiger partial charge in [0, 0.05) is 43.7 Å². The highest BCUT2D eigenvalue weighted by atomic mass is 32.1. The topological polar surface area (TPSA) is 6.48 Å². The molecule has 4 heterocycles. The molecule has 0 spiro atoms. The summed E-state index contributed by atoms with van der Waals surface area (Å²) in [6, 6.07) is 60.1. The molecule has 76 heavy (non-hydrogen) atoms. The van der Waals surface area contributed by atoms with Gasteiger partial charge in [-0.3, -0.25) is 0 Å². The molecule has 4 bridgehead atoms. The van der Waals surface area contributed by atoms with Crippen LogP contribution in [0.15, 0.2) is 152 Å². The molecular weight excluding hydrogens is 936 g/mol. The predicted octanol–water partition coefficient (Wildman–Crippen LogP) is 18.6. The summed E-state index contributed by atoms with van der Waals surface area (Å²) in [6.07, 6.45) is 4.59. The minimum Gasteiger partial charge on any atom is -0.376 e. The Bertz CT molecular complexity index is 4010. The van der Waals surface area contributed by atoms with Gasteiger partial charge in [0.2, 0.25) is 0 Å². The first-order valence-corrected chi connectivity index (χ1v) is 29.1. The van der Waals surface area contributed by atoms with Crippen molar-refractivity contribution < 1.29 is 0 Å². The maximum atomic E-state index is 2.87. The monoisotopic (exact) mass is 1000 g/mol. The van der Waals surface area contributed by atoms with Crippen molar-refractivity contribution in [3.8, 4) is 44.5 Å². The Hall–Kier alpha value is -6.62. The Morgan fingerprint density at radius 3 is 1.87 bits per heavy atom. The van der Waals surface area contributed by atoms with Gasteiger partial charge in [0.05, 0.1) is 10.7 Å². The minimum atomic E-state index is -0.298. The van der Waals surface area contributed by atoms with E-state index in [9.17, 15) is 0 Å². The van der Waals surface area contributed by atoms with Crippen LogP contribution in [0.25, 0.3) is 54.6 Å². The van der Waals surface area contributed by atoms with E-state index < -0.39 is 0 Å². The number of hydrogen-bond donors (Lipinski definition) is 0. The summed E-state index contributed by atoms with van der Waals surface area (Å²) in [7, 11) is 0. The minimum absolute atomic E-state index is 0.00140. The average Bonchev–Trinajstić information content (AvgIpc) is 4.02. The Kier molecular flexibility index (Phi) is 9.27. The maximum absolute atomic E-state index is 2.87. The number of anilines is 5. The van der Waals surface area contributed by atoms with Gasteiger partial charge in [0.15, 0.2) is 0 Å². The second-order valence-electron chi connectivity index (χ2n) is 27.4. The summed E-state index contributed by atoms with van der Waals surface area (Å²) >= 11 is 2.04. The van der Waals surface area contributed by atoms with Crippen LogP contribution in [0.2, 0.25) is 0 Å². The van der Waals surface area contributed by atoms with Crippen molar-refractivity contribution in [2.75, 3.05) is 9.71 Å². The van der Waals surface area contributed by atoms with E-state index in [1.54, 1.807) is 16.7 Å². The predicted molar refractivity (Wildman–Crippen MR) is 327 cm³/mol. The fourth-order valence-corrected chi connectivity index (χ4v) is 17.0. The summed E-state index contributed by atoms with van der Waals surface area (Å²) in [4.78, 5) is 5.69. The number of thiophene rings is 1. The molecule has 0 fully saturated rings. The van der Waals surface area contributed by atoms with Crippen LogP contribution in [0.3, 0.4) is 0 Å². The lowest BCUT2D eigenvalue weighted by Gasteiger charge is -2.51. The van der Waals surface area contributed by atoms with Crippen LogP contribution in [-0.4, -0.2) is 6.85 Å². The van der Waals surface area contributed by atoms with Gasteiger partial charge < -0.3 is 9.71 Å². The molecule has 15 rings (SSSR count). The highest BCUT2D eigenvalue weighted by Crippen LogP contribution is 2.63. The Morgan fingerprint density at radius 2 is 1.12 bits per heavy atom. The van der Waals surface area contributed by atoms with Crippen LogP contribution in [0.4, 0.5) is 27.8 Å². The Balaban J connectivity index is 1.17. The highest BCUT2D eigenvalue weighted by Gasteiger charge is 2.55. The van der Waals surface area contributed by atoms with Crippen molar-refractivity contribution in [3.05, 3.63) is 196 Å². The zero-order valence-corrected chi connectivity index (χ0v) is 47.5. The lowest BCUT2D eigenvalue weighted by Crippen LogP contribution is -2.62. The van der Waals surface area contributed by atoms with E-state index in [-0.39, 0.29) is 39.3 Å². The van der Waals surface area contributed by atoms with E-state index in [0.29, 0.717) is 0 Å². The van der Waals surface area contributed by atoms with Crippen LogP contribution in [-0.2, 0) is 32.5 Å². The molecule has 6 aliphatic rings. The summed E-state index contributed by atoms with van der Waals surface area (Å²) in [5.41, 5.74) is 29.9. The molecular formula is C72H69BN2S. The molecule has 3 aliphatic carbocycles. The first kappa shape index (κ1) is 46.7. The largest absolute Gasteiger partial charge is 0.376 e. The second kappa shape index (κ2) is 15.1. The van der Waals surface area contributed by atoms with Crippen LogP contribution < -0.4 is 20.6 Å². The molecule has 376 valence electrons. The SMILES string of the molecule is CC(C)(C)c1ccc(N2c3sc4cc5c6cc4c3B3c4c(cc7c(c42)C(C)(C)c2ccccc2-7)-c2cc(-c4ccccc4)ccc2N3c2cc3c(c(c2)C6(C)CCC5(C)C)C(C)(C)CCC3(C)C)c(-c2ccccc2)c1. The standard InChI is InChI=1S/C72H69BN2S/c1-67(2,3)45-28-30-58(48(36-45)43-23-17-14-18-24-43)74-65-61-50(47-25-19-20-26-53(47)71(61,10)11)39-51-49-35-44(42-21-15-13-16-22-42)27-29-59(49)75-46-37-56-62(70(8,9)32-31-69(56,6)7)57(38-46)72(12)34-33-68(4,5)54-41-60-52(40-55(54)72)64(66(74)76-60)73(75)63(51)65/h13-30,35-41H,31-34H2,1-12H3.